The van der Waals surface area contributed by atoms with Gasteiger partial charge in [-0.1, -0.05) is 35.9 Å². The Labute approximate surface area is 186 Å². The van der Waals surface area contributed by atoms with Crippen LogP contribution in [0.5, 0.6) is 0 Å². The van der Waals surface area contributed by atoms with Crippen LogP contribution in [-0.4, -0.2) is 47.4 Å². The van der Waals surface area contributed by atoms with Gasteiger partial charge in [0.2, 0.25) is 15.9 Å². The Bertz CT molecular complexity index is 1190. The first-order chi connectivity index (χ1) is 14.9. The number of benzene rings is 2. The SMILES string of the molecule is Cc1ccc(NC(=O)CSc2cnc3cc(S(=O)(=O)N4CCCCC4)ccc3n2)cc1. The minimum Gasteiger partial charge on any atom is -0.325 e. The number of anilines is 1. The molecule has 31 heavy (non-hydrogen) atoms. The summed E-state index contributed by atoms with van der Waals surface area (Å²) in [5.74, 6) is 0.0777. The van der Waals surface area contributed by atoms with E-state index in [0.29, 0.717) is 29.1 Å². The van der Waals surface area contributed by atoms with Crippen LogP contribution in [0, 0.1) is 6.92 Å². The number of nitrogens with zero attached hydrogens (tertiary/aromatic N) is 3. The van der Waals surface area contributed by atoms with E-state index in [-0.39, 0.29) is 16.6 Å². The highest BCUT2D eigenvalue weighted by molar-refractivity contribution is 7.99. The van der Waals surface area contributed by atoms with Gasteiger partial charge < -0.3 is 5.32 Å². The second kappa shape index (κ2) is 9.33. The molecule has 1 fully saturated rings. The van der Waals surface area contributed by atoms with Crippen molar-refractivity contribution in [3.8, 4) is 0 Å². The summed E-state index contributed by atoms with van der Waals surface area (Å²) in [6, 6.07) is 12.4. The summed E-state index contributed by atoms with van der Waals surface area (Å²) in [6.45, 7) is 3.12. The Morgan fingerprint density at radius 1 is 1.06 bits per heavy atom. The molecule has 2 heterocycles. The fourth-order valence-electron chi connectivity index (χ4n) is 3.43. The van der Waals surface area contributed by atoms with Crippen LogP contribution in [0.25, 0.3) is 11.0 Å². The van der Waals surface area contributed by atoms with Gasteiger partial charge >= 0.3 is 0 Å². The molecular weight excluding hydrogens is 432 g/mol. The number of carbonyl (C=O) groups excluding carboxylic acids is 1. The van der Waals surface area contributed by atoms with Crippen molar-refractivity contribution >= 4 is 44.4 Å². The molecule has 0 saturated carbocycles. The summed E-state index contributed by atoms with van der Waals surface area (Å²) in [7, 11) is -3.51. The maximum Gasteiger partial charge on any atom is 0.243 e. The van der Waals surface area contributed by atoms with E-state index in [1.54, 1.807) is 28.7 Å². The maximum absolute atomic E-state index is 12.9. The number of thioether (sulfide) groups is 1. The highest BCUT2D eigenvalue weighted by Gasteiger charge is 2.26. The van der Waals surface area contributed by atoms with Crippen LogP contribution in [0.3, 0.4) is 0 Å². The van der Waals surface area contributed by atoms with Gasteiger partial charge in [-0.25, -0.2) is 13.4 Å². The molecule has 9 heteroatoms. The number of carbonyl (C=O) groups is 1. The third-order valence-corrected chi connectivity index (χ3v) is 7.92. The van der Waals surface area contributed by atoms with Crippen molar-refractivity contribution in [3.05, 3.63) is 54.2 Å². The van der Waals surface area contributed by atoms with Gasteiger partial charge in [0.15, 0.2) is 0 Å². The van der Waals surface area contributed by atoms with Crippen LogP contribution < -0.4 is 5.32 Å². The first-order valence-corrected chi connectivity index (χ1v) is 12.6. The fraction of sp³-hybridized carbons (Fsp3) is 0.318. The van der Waals surface area contributed by atoms with Gasteiger partial charge in [0, 0.05) is 18.8 Å². The summed E-state index contributed by atoms with van der Waals surface area (Å²) in [4.78, 5) is 21.3. The lowest BCUT2D eigenvalue weighted by Gasteiger charge is -2.25. The van der Waals surface area contributed by atoms with Crippen molar-refractivity contribution in [1.82, 2.24) is 14.3 Å². The first kappa shape index (κ1) is 21.7. The molecule has 2 aromatic carbocycles. The van der Waals surface area contributed by atoms with Gasteiger partial charge in [-0.3, -0.25) is 9.78 Å². The normalized spacial score (nSPS) is 15.1. The number of nitrogens with one attached hydrogen (secondary N) is 1. The topological polar surface area (TPSA) is 92.3 Å². The van der Waals surface area contributed by atoms with Crippen LogP contribution >= 0.6 is 11.8 Å². The second-order valence-corrected chi connectivity index (χ2v) is 10.5. The monoisotopic (exact) mass is 456 g/mol. The molecular formula is C22H24N4O3S2. The molecule has 1 amide bonds. The van der Waals surface area contributed by atoms with E-state index in [1.165, 1.54) is 11.8 Å². The van der Waals surface area contributed by atoms with Crippen LogP contribution in [0.2, 0.25) is 0 Å². The van der Waals surface area contributed by atoms with Crippen molar-refractivity contribution in [2.45, 2.75) is 36.1 Å². The average molecular weight is 457 g/mol. The number of aryl methyl sites for hydroxylation is 1. The van der Waals surface area contributed by atoms with Crippen LogP contribution in [-0.2, 0) is 14.8 Å². The zero-order valence-corrected chi connectivity index (χ0v) is 18.9. The molecule has 0 aliphatic carbocycles. The van der Waals surface area contributed by atoms with E-state index in [0.717, 1.165) is 30.5 Å². The smallest absolute Gasteiger partial charge is 0.243 e. The van der Waals surface area contributed by atoms with E-state index in [2.05, 4.69) is 15.3 Å². The van der Waals surface area contributed by atoms with Crippen LogP contribution in [0.4, 0.5) is 5.69 Å². The molecule has 0 spiro atoms. The summed E-state index contributed by atoms with van der Waals surface area (Å²) in [6.07, 6.45) is 4.43. The largest absolute Gasteiger partial charge is 0.325 e. The summed E-state index contributed by atoms with van der Waals surface area (Å²) < 4.78 is 27.3. The van der Waals surface area contributed by atoms with E-state index in [4.69, 9.17) is 0 Å². The van der Waals surface area contributed by atoms with Gasteiger partial charge in [0.1, 0.15) is 5.03 Å². The molecule has 1 N–H and O–H groups in total. The number of rotatable bonds is 6. The minimum absolute atomic E-state index is 0.126. The number of sulfonamides is 1. The summed E-state index contributed by atoms with van der Waals surface area (Å²) in [5.41, 5.74) is 3.00. The van der Waals surface area contributed by atoms with Gasteiger partial charge in [-0.15, -0.1) is 0 Å². The lowest BCUT2D eigenvalue weighted by Crippen LogP contribution is -2.35. The highest BCUT2D eigenvalue weighted by atomic mass is 32.2. The Balaban J connectivity index is 1.43. The lowest BCUT2D eigenvalue weighted by molar-refractivity contribution is -0.113. The molecule has 0 radical (unpaired) electrons. The minimum atomic E-state index is -3.51. The van der Waals surface area contributed by atoms with Gasteiger partial charge in [0.05, 0.1) is 27.9 Å². The van der Waals surface area contributed by atoms with E-state index < -0.39 is 10.0 Å². The number of amides is 1. The van der Waals surface area contributed by atoms with E-state index >= 15 is 0 Å². The fourth-order valence-corrected chi connectivity index (χ4v) is 5.61. The zero-order valence-electron chi connectivity index (χ0n) is 17.2. The molecule has 0 unspecified atom stereocenters. The molecule has 3 aromatic rings. The Hall–Kier alpha value is -2.49. The van der Waals surface area contributed by atoms with Crippen LogP contribution in [0.15, 0.2) is 58.6 Å². The van der Waals surface area contributed by atoms with Crippen molar-refractivity contribution in [2.75, 3.05) is 24.2 Å². The summed E-state index contributed by atoms with van der Waals surface area (Å²) >= 11 is 1.29. The van der Waals surface area contributed by atoms with E-state index in [9.17, 15) is 13.2 Å². The number of fused-ring (bicyclic) bond motifs is 1. The van der Waals surface area contributed by atoms with Crippen molar-refractivity contribution in [3.63, 3.8) is 0 Å². The second-order valence-electron chi connectivity index (χ2n) is 7.53. The third-order valence-electron chi connectivity index (χ3n) is 5.13. The molecule has 0 atom stereocenters. The molecule has 7 nitrogen and oxygen atoms in total. The first-order valence-electron chi connectivity index (χ1n) is 10.2. The maximum atomic E-state index is 12.9. The number of hydrogen-bond acceptors (Lipinski definition) is 6. The lowest BCUT2D eigenvalue weighted by atomic mass is 10.2. The molecule has 4 rings (SSSR count). The van der Waals surface area contributed by atoms with Gasteiger partial charge in [-0.2, -0.15) is 4.31 Å². The van der Waals surface area contributed by atoms with E-state index in [1.807, 2.05) is 31.2 Å². The molecule has 162 valence electrons. The van der Waals surface area contributed by atoms with Crippen LogP contribution in [0.1, 0.15) is 24.8 Å². The predicted octanol–water partition coefficient (Wildman–Crippen LogP) is 3.84. The Morgan fingerprint density at radius 3 is 2.55 bits per heavy atom. The quantitative estimate of drug-likeness (QED) is 0.567. The highest BCUT2D eigenvalue weighted by Crippen LogP contribution is 2.24. The number of aromatic nitrogens is 2. The standard InChI is InChI=1S/C22H24N4O3S2/c1-16-5-7-17(8-6-16)24-21(27)15-30-22-14-23-20-13-18(9-10-19(20)25-22)31(28,29)26-11-3-2-4-12-26/h5-10,13-14H,2-4,11-12,15H2,1H3,(H,24,27). The molecule has 0 bridgehead atoms. The molecule has 1 aliphatic heterocycles. The number of piperidine rings is 1. The van der Waals surface area contributed by atoms with Crippen molar-refractivity contribution in [2.24, 2.45) is 0 Å². The van der Waals surface area contributed by atoms with Gasteiger partial charge in [0.25, 0.3) is 0 Å². The van der Waals surface area contributed by atoms with Crippen molar-refractivity contribution in [1.29, 1.82) is 0 Å². The third kappa shape index (κ3) is 5.23. The zero-order chi connectivity index (χ0) is 21.8. The average Bonchev–Trinajstić information content (AvgIpc) is 2.79. The molecule has 1 aliphatic rings. The van der Waals surface area contributed by atoms with Gasteiger partial charge in [-0.05, 0) is 50.1 Å². The number of hydrogen-bond donors (Lipinski definition) is 1. The molecule has 1 saturated heterocycles. The predicted molar refractivity (Wildman–Crippen MR) is 123 cm³/mol. The molecule has 1 aromatic heterocycles. The Morgan fingerprint density at radius 2 is 1.81 bits per heavy atom. The van der Waals surface area contributed by atoms with Crippen molar-refractivity contribution < 1.29 is 13.2 Å². The summed E-state index contributed by atoms with van der Waals surface area (Å²) in [5, 5.41) is 3.46. The Kier molecular flexibility index (Phi) is 6.54.